The summed E-state index contributed by atoms with van der Waals surface area (Å²) in [6.45, 7) is 2.24. The number of ether oxygens (including phenoxy) is 1. The van der Waals surface area contributed by atoms with Gasteiger partial charge in [0.1, 0.15) is 5.75 Å². The summed E-state index contributed by atoms with van der Waals surface area (Å²) in [6.07, 6.45) is -4.04. The van der Waals surface area contributed by atoms with Crippen LogP contribution in [0.25, 0.3) is 11.1 Å². The Hall–Kier alpha value is -3.28. The molecule has 3 aromatic rings. The minimum atomic E-state index is -4.73. The van der Waals surface area contributed by atoms with E-state index in [1.165, 1.54) is 12.1 Å². The van der Waals surface area contributed by atoms with E-state index in [4.69, 9.17) is 0 Å². The molecule has 160 valence electrons. The van der Waals surface area contributed by atoms with Gasteiger partial charge in [0.15, 0.2) is 0 Å². The minimum Gasteiger partial charge on any atom is -0.406 e. The van der Waals surface area contributed by atoms with Gasteiger partial charge in [0.05, 0.1) is 6.04 Å². The van der Waals surface area contributed by atoms with Gasteiger partial charge in [-0.2, -0.15) is 0 Å². The summed E-state index contributed by atoms with van der Waals surface area (Å²) in [4.78, 5) is 14.8. The predicted molar refractivity (Wildman–Crippen MR) is 112 cm³/mol. The highest BCUT2D eigenvalue weighted by molar-refractivity contribution is 5.82. The quantitative estimate of drug-likeness (QED) is 0.476. The zero-order valence-electron chi connectivity index (χ0n) is 17.0. The molecule has 1 heterocycles. The van der Waals surface area contributed by atoms with E-state index in [-0.39, 0.29) is 23.6 Å². The van der Waals surface area contributed by atoms with Crippen molar-refractivity contribution in [1.82, 2.24) is 4.90 Å². The molecule has 6 heteroatoms. The standard InChI is InChI=1S/C25H22F3NO2/c1-17-15-23(22-10-6-5-9-21(22)19-7-3-2-4-8-19)29(24(17)30)16-18-11-13-20(14-12-18)31-25(26,27)28/h2-14,17,23H,15-16H2,1H3. The Bertz CT molecular complexity index is 1050. The van der Waals surface area contributed by atoms with E-state index in [1.54, 1.807) is 12.1 Å². The molecule has 31 heavy (non-hydrogen) atoms. The second kappa shape index (κ2) is 8.46. The molecule has 0 N–H and O–H groups in total. The summed E-state index contributed by atoms with van der Waals surface area (Å²) in [5.41, 5.74) is 3.98. The van der Waals surface area contributed by atoms with Crippen molar-refractivity contribution in [3.05, 3.63) is 90.0 Å². The van der Waals surface area contributed by atoms with Crippen molar-refractivity contribution >= 4 is 5.91 Å². The maximum atomic E-state index is 12.9. The SMILES string of the molecule is CC1CC(c2ccccc2-c2ccccc2)N(Cc2ccc(OC(F)(F)F)cc2)C1=O. The Labute approximate surface area is 179 Å². The van der Waals surface area contributed by atoms with Crippen LogP contribution in [-0.4, -0.2) is 17.2 Å². The van der Waals surface area contributed by atoms with Gasteiger partial charge in [-0.1, -0.05) is 73.7 Å². The summed E-state index contributed by atoms with van der Waals surface area (Å²) in [5, 5.41) is 0. The first-order chi connectivity index (χ1) is 14.8. The lowest BCUT2D eigenvalue weighted by Crippen LogP contribution is -2.29. The second-order valence-corrected chi connectivity index (χ2v) is 7.76. The van der Waals surface area contributed by atoms with E-state index in [0.717, 1.165) is 22.3 Å². The molecule has 3 aromatic carbocycles. The second-order valence-electron chi connectivity index (χ2n) is 7.76. The van der Waals surface area contributed by atoms with Gasteiger partial charge in [-0.3, -0.25) is 4.79 Å². The molecule has 1 fully saturated rings. The number of rotatable bonds is 5. The van der Waals surface area contributed by atoms with E-state index in [9.17, 15) is 18.0 Å². The minimum absolute atomic E-state index is 0.0449. The molecule has 1 aliphatic heterocycles. The van der Waals surface area contributed by atoms with E-state index >= 15 is 0 Å². The number of carbonyl (C=O) groups excluding carboxylic acids is 1. The van der Waals surface area contributed by atoms with E-state index in [0.29, 0.717) is 13.0 Å². The summed E-state index contributed by atoms with van der Waals surface area (Å²) in [7, 11) is 0. The van der Waals surface area contributed by atoms with Crippen LogP contribution in [0, 0.1) is 5.92 Å². The molecule has 0 saturated carbocycles. The highest BCUT2D eigenvalue weighted by Gasteiger charge is 2.38. The van der Waals surface area contributed by atoms with Crippen LogP contribution in [0.4, 0.5) is 13.2 Å². The highest BCUT2D eigenvalue weighted by atomic mass is 19.4. The van der Waals surface area contributed by atoms with Gasteiger partial charge in [-0.15, -0.1) is 13.2 Å². The largest absolute Gasteiger partial charge is 0.573 e. The number of alkyl halides is 3. The Morgan fingerprint density at radius 3 is 2.26 bits per heavy atom. The topological polar surface area (TPSA) is 29.5 Å². The smallest absolute Gasteiger partial charge is 0.406 e. The molecule has 1 amide bonds. The molecule has 2 unspecified atom stereocenters. The lowest BCUT2D eigenvalue weighted by atomic mass is 9.92. The fraction of sp³-hybridized carbons (Fsp3) is 0.240. The van der Waals surface area contributed by atoms with Crippen LogP contribution in [0.5, 0.6) is 5.75 Å². The van der Waals surface area contributed by atoms with Crippen molar-refractivity contribution < 1.29 is 22.7 Å². The van der Waals surface area contributed by atoms with Gasteiger partial charge in [-0.05, 0) is 40.8 Å². The van der Waals surface area contributed by atoms with Gasteiger partial charge in [0, 0.05) is 12.5 Å². The fourth-order valence-electron chi connectivity index (χ4n) is 4.14. The van der Waals surface area contributed by atoms with Gasteiger partial charge in [0.25, 0.3) is 0 Å². The molecule has 0 aromatic heterocycles. The van der Waals surface area contributed by atoms with Crippen LogP contribution in [0.3, 0.4) is 0 Å². The molecular formula is C25H22F3NO2. The summed E-state index contributed by atoms with van der Waals surface area (Å²) in [5.74, 6) is -0.353. The molecule has 2 atom stereocenters. The summed E-state index contributed by atoms with van der Waals surface area (Å²) in [6, 6.07) is 23.7. The lowest BCUT2D eigenvalue weighted by molar-refractivity contribution is -0.274. The van der Waals surface area contributed by atoms with Gasteiger partial charge >= 0.3 is 6.36 Å². The van der Waals surface area contributed by atoms with Crippen LogP contribution in [-0.2, 0) is 11.3 Å². The fourth-order valence-corrected chi connectivity index (χ4v) is 4.14. The molecular weight excluding hydrogens is 403 g/mol. The average molecular weight is 425 g/mol. The first kappa shape index (κ1) is 21.0. The molecule has 4 rings (SSSR count). The van der Waals surface area contributed by atoms with Crippen molar-refractivity contribution in [2.24, 2.45) is 5.92 Å². The zero-order chi connectivity index (χ0) is 22.0. The summed E-state index contributed by atoms with van der Waals surface area (Å²) >= 11 is 0. The lowest BCUT2D eigenvalue weighted by Gasteiger charge is -2.27. The van der Waals surface area contributed by atoms with Crippen LogP contribution >= 0.6 is 0 Å². The van der Waals surface area contributed by atoms with Crippen molar-refractivity contribution in [2.75, 3.05) is 0 Å². The third-order valence-corrected chi connectivity index (χ3v) is 5.57. The van der Waals surface area contributed by atoms with Crippen molar-refractivity contribution in [3.63, 3.8) is 0 Å². The Morgan fingerprint density at radius 2 is 1.58 bits per heavy atom. The van der Waals surface area contributed by atoms with Gasteiger partial charge < -0.3 is 9.64 Å². The van der Waals surface area contributed by atoms with Crippen molar-refractivity contribution in [1.29, 1.82) is 0 Å². The zero-order valence-corrected chi connectivity index (χ0v) is 17.0. The number of benzene rings is 3. The third kappa shape index (κ3) is 4.74. The molecule has 3 nitrogen and oxygen atoms in total. The molecule has 0 aliphatic carbocycles. The van der Waals surface area contributed by atoms with Gasteiger partial charge in [0.2, 0.25) is 5.91 Å². The van der Waals surface area contributed by atoms with E-state index < -0.39 is 6.36 Å². The average Bonchev–Trinajstić information content (AvgIpc) is 3.03. The monoisotopic (exact) mass is 425 g/mol. The maximum Gasteiger partial charge on any atom is 0.573 e. The molecule has 0 bridgehead atoms. The number of carbonyl (C=O) groups is 1. The molecule has 1 saturated heterocycles. The van der Waals surface area contributed by atoms with E-state index in [2.05, 4.69) is 10.8 Å². The number of nitrogens with zero attached hydrogens (tertiary/aromatic N) is 1. The normalized spacial score (nSPS) is 19.0. The predicted octanol–water partition coefficient (Wildman–Crippen LogP) is 6.36. The van der Waals surface area contributed by atoms with Crippen LogP contribution in [0.15, 0.2) is 78.9 Å². The Balaban J connectivity index is 1.62. The number of halogens is 3. The molecule has 0 radical (unpaired) electrons. The van der Waals surface area contributed by atoms with E-state index in [1.807, 2.05) is 60.4 Å². The Morgan fingerprint density at radius 1 is 0.935 bits per heavy atom. The summed E-state index contributed by atoms with van der Waals surface area (Å²) < 4.78 is 41.2. The van der Waals surface area contributed by atoms with Gasteiger partial charge in [-0.25, -0.2) is 0 Å². The Kier molecular flexibility index (Phi) is 5.72. The third-order valence-electron chi connectivity index (χ3n) is 5.57. The molecule has 1 aliphatic rings. The number of hydrogen-bond acceptors (Lipinski definition) is 2. The van der Waals surface area contributed by atoms with Crippen LogP contribution < -0.4 is 4.74 Å². The highest BCUT2D eigenvalue weighted by Crippen LogP contribution is 2.41. The first-order valence-corrected chi connectivity index (χ1v) is 10.1. The van der Waals surface area contributed by atoms with Crippen LogP contribution in [0.2, 0.25) is 0 Å². The van der Waals surface area contributed by atoms with Crippen molar-refractivity contribution in [3.8, 4) is 16.9 Å². The van der Waals surface area contributed by atoms with Crippen LogP contribution in [0.1, 0.15) is 30.5 Å². The number of hydrogen-bond donors (Lipinski definition) is 0. The number of likely N-dealkylation sites (tertiary alicyclic amines) is 1. The first-order valence-electron chi connectivity index (χ1n) is 10.1. The number of amides is 1. The molecule has 0 spiro atoms. The van der Waals surface area contributed by atoms with Crippen molar-refractivity contribution in [2.45, 2.75) is 32.3 Å². The maximum absolute atomic E-state index is 12.9.